The lowest BCUT2D eigenvalue weighted by molar-refractivity contribution is 0.607. The molecule has 1 heterocycles. The Morgan fingerprint density at radius 2 is 2.20 bits per heavy atom. The normalized spacial score (nSPS) is 21.8. The fourth-order valence-electron chi connectivity index (χ4n) is 0.738. The van der Waals surface area contributed by atoms with Gasteiger partial charge in [-0.25, -0.2) is 8.42 Å². The highest BCUT2D eigenvalue weighted by atomic mass is 32.2. The summed E-state index contributed by atoms with van der Waals surface area (Å²) in [4.78, 5) is 0.259. The highest BCUT2D eigenvalue weighted by Crippen LogP contribution is 2.20. The van der Waals surface area contributed by atoms with Gasteiger partial charge in [0.2, 0.25) is 0 Å². The van der Waals surface area contributed by atoms with Gasteiger partial charge in [0.25, 0.3) is 0 Å². The molecule has 1 aliphatic rings. The van der Waals surface area contributed by atoms with E-state index in [2.05, 4.69) is 0 Å². The first-order valence-corrected chi connectivity index (χ1v) is 4.36. The maximum absolute atomic E-state index is 10.9. The van der Waals surface area contributed by atoms with Crippen LogP contribution in [-0.2, 0) is 9.84 Å². The first-order valence-electron chi connectivity index (χ1n) is 2.81. The van der Waals surface area contributed by atoms with Crippen molar-refractivity contribution in [2.75, 3.05) is 0 Å². The fraction of sp³-hybridized carbons (Fsp3) is 0.200. The van der Waals surface area contributed by atoms with Crippen LogP contribution in [0.5, 0.6) is 0 Å². The molecule has 1 aliphatic heterocycles. The molecule has 1 N–H and O–H groups in total. The van der Waals surface area contributed by atoms with Gasteiger partial charge in [0.1, 0.15) is 0 Å². The zero-order valence-corrected chi connectivity index (χ0v) is 6.35. The Balaban J connectivity index is 3.20. The molecule has 0 bridgehead atoms. The zero-order valence-electron chi connectivity index (χ0n) is 5.53. The van der Waals surface area contributed by atoms with Crippen molar-refractivity contribution in [1.82, 2.24) is 0 Å². The maximum atomic E-state index is 10.9. The van der Waals surface area contributed by atoms with Crippen LogP contribution in [0.15, 0.2) is 21.9 Å². The molecule has 0 fully saturated rings. The quantitative estimate of drug-likeness (QED) is 0.523. The van der Waals surface area contributed by atoms with E-state index in [1.54, 1.807) is 0 Å². The average molecular weight is 158 g/mol. The molecule has 3 nitrogen and oxygen atoms in total. The summed E-state index contributed by atoms with van der Waals surface area (Å²) in [6.45, 7) is 1.49. The molecule has 0 unspecified atom stereocenters. The van der Waals surface area contributed by atoms with Gasteiger partial charge in [-0.1, -0.05) is 6.08 Å². The molecule has 0 aliphatic carbocycles. The molecule has 54 valence electrons. The van der Waals surface area contributed by atoms with Crippen molar-refractivity contribution in [3.63, 3.8) is 0 Å². The van der Waals surface area contributed by atoms with Crippen molar-refractivity contribution >= 4 is 17.3 Å². The van der Waals surface area contributed by atoms with E-state index in [9.17, 15) is 8.42 Å². The topological polar surface area (TPSA) is 54.4 Å². The van der Waals surface area contributed by atoms with Crippen LogP contribution in [0.3, 0.4) is 0 Å². The van der Waals surface area contributed by atoms with Crippen molar-refractivity contribution in [3.05, 3.63) is 21.9 Å². The van der Waals surface area contributed by atoms with Gasteiger partial charge >= 0.3 is 7.48 Å². The van der Waals surface area contributed by atoms with Crippen molar-refractivity contribution in [2.45, 2.75) is 6.92 Å². The van der Waals surface area contributed by atoms with Crippen LogP contribution < -0.4 is 0 Å². The summed E-state index contributed by atoms with van der Waals surface area (Å²) in [6, 6.07) is 0. The van der Waals surface area contributed by atoms with Crippen LogP contribution >= 0.6 is 0 Å². The van der Waals surface area contributed by atoms with Crippen LogP contribution in [0.2, 0.25) is 0 Å². The summed E-state index contributed by atoms with van der Waals surface area (Å²) in [5.41, 5.74) is 0.486. The minimum absolute atomic E-state index is 0.207. The number of sulfone groups is 1. The minimum Gasteiger partial charge on any atom is -0.449 e. The van der Waals surface area contributed by atoms with Gasteiger partial charge < -0.3 is 5.02 Å². The van der Waals surface area contributed by atoms with E-state index in [1.807, 2.05) is 0 Å². The Kier molecular flexibility index (Phi) is 1.70. The summed E-state index contributed by atoms with van der Waals surface area (Å²) in [5.74, 6) is 0. The minimum atomic E-state index is -3.15. The third-order valence-electron chi connectivity index (χ3n) is 1.50. The second kappa shape index (κ2) is 2.25. The van der Waals surface area contributed by atoms with Crippen molar-refractivity contribution in [1.29, 1.82) is 0 Å². The smallest absolute Gasteiger partial charge is 0.305 e. The molecule has 0 aromatic rings. The molecular formula is C5H7BO3S. The molecule has 0 saturated heterocycles. The molecule has 0 amide bonds. The summed E-state index contributed by atoms with van der Waals surface area (Å²) < 4.78 is 21.8. The molecule has 1 rings (SSSR count). The van der Waals surface area contributed by atoms with E-state index >= 15 is 0 Å². The van der Waals surface area contributed by atoms with E-state index in [0.29, 0.717) is 5.47 Å². The summed E-state index contributed by atoms with van der Waals surface area (Å²) in [5, 5.41) is 9.70. The van der Waals surface area contributed by atoms with Crippen LogP contribution in [0.4, 0.5) is 0 Å². The van der Waals surface area contributed by atoms with Gasteiger partial charge in [-0.05, 0) is 12.4 Å². The van der Waals surface area contributed by atoms with Gasteiger partial charge in [0, 0.05) is 10.3 Å². The Bertz CT molecular complexity index is 299. The number of hydrogen-bond donors (Lipinski definition) is 1. The van der Waals surface area contributed by atoms with E-state index in [1.165, 1.54) is 13.0 Å². The summed E-state index contributed by atoms with van der Waals surface area (Å²) in [6.07, 6.45) is 1.42. The number of rotatable bonds is 1. The third kappa shape index (κ3) is 1.02. The standard InChI is InChI=1S/C5H7BO3S/c1-4-5(6-7)2-3-10(4,8)9/h2-3,6-7H,1H3. The molecule has 0 spiro atoms. The molecular weight excluding hydrogens is 151 g/mol. The number of allylic oxidation sites excluding steroid dienone is 3. The van der Waals surface area contributed by atoms with Crippen molar-refractivity contribution in [2.24, 2.45) is 0 Å². The molecule has 10 heavy (non-hydrogen) atoms. The SMILES string of the molecule is CC1=C(BO)C=CS1(=O)=O. The van der Waals surface area contributed by atoms with Gasteiger partial charge in [0.05, 0.1) is 0 Å². The van der Waals surface area contributed by atoms with E-state index in [4.69, 9.17) is 5.02 Å². The van der Waals surface area contributed by atoms with Crippen LogP contribution in [-0.4, -0.2) is 20.9 Å². The molecule has 0 aromatic heterocycles. The summed E-state index contributed by atoms with van der Waals surface area (Å²) >= 11 is 0. The average Bonchev–Trinajstić information content (AvgIpc) is 2.10. The van der Waals surface area contributed by atoms with E-state index < -0.39 is 9.84 Å². The van der Waals surface area contributed by atoms with Crippen LogP contribution in [0.25, 0.3) is 0 Å². The molecule has 0 aromatic carbocycles. The monoisotopic (exact) mass is 158 g/mol. The van der Waals surface area contributed by atoms with Crippen molar-refractivity contribution in [3.8, 4) is 0 Å². The van der Waals surface area contributed by atoms with Crippen molar-refractivity contribution < 1.29 is 13.4 Å². The highest BCUT2D eigenvalue weighted by Gasteiger charge is 2.18. The highest BCUT2D eigenvalue weighted by molar-refractivity contribution is 7.98. The Labute approximate surface area is 60.3 Å². The fourth-order valence-corrected chi connectivity index (χ4v) is 1.78. The second-order valence-electron chi connectivity index (χ2n) is 2.09. The first kappa shape index (κ1) is 7.56. The maximum Gasteiger partial charge on any atom is 0.305 e. The molecule has 0 radical (unpaired) electrons. The lowest BCUT2D eigenvalue weighted by atomic mass is 9.88. The van der Waals surface area contributed by atoms with Crippen LogP contribution in [0, 0.1) is 0 Å². The van der Waals surface area contributed by atoms with E-state index in [-0.39, 0.29) is 12.4 Å². The van der Waals surface area contributed by atoms with Gasteiger partial charge in [-0.2, -0.15) is 0 Å². The first-order chi connectivity index (χ1) is 4.58. The van der Waals surface area contributed by atoms with Crippen LogP contribution in [0.1, 0.15) is 6.92 Å². The van der Waals surface area contributed by atoms with Gasteiger partial charge in [-0.15, -0.1) is 0 Å². The predicted octanol–water partition coefficient (Wildman–Crippen LogP) is -0.496. The summed E-state index contributed by atoms with van der Waals surface area (Å²) in [7, 11) is -3.35. The molecule has 5 heteroatoms. The zero-order chi connectivity index (χ0) is 7.78. The Morgan fingerprint density at radius 1 is 1.60 bits per heavy atom. The number of hydrogen-bond acceptors (Lipinski definition) is 3. The second-order valence-corrected chi connectivity index (χ2v) is 4.06. The third-order valence-corrected chi connectivity index (χ3v) is 3.11. The van der Waals surface area contributed by atoms with E-state index in [0.717, 1.165) is 5.41 Å². The molecule has 0 saturated carbocycles. The van der Waals surface area contributed by atoms with Gasteiger partial charge in [-0.3, -0.25) is 0 Å². The Hall–Kier alpha value is -0.545. The van der Waals surface area contributed by atoms with Gasteiger partial charge in [0.15, 0.2) is 9.84 Å². The molecule has 0 atom stereocenters. The largest absolute Gasteiger partial charge is 0.449 e. The lowest BCUT2D eigenvalue weighted by Crippen LogP contribution is -1.97. The Morgan fingerprint density at radius 3 is 2.40 bits per heavy atom. The lowest BCUT2D eigenvalue weighted by Gasteiger charge is -1.93. The predicted molar refractivity (Wildman–Crippen MR) is 40.1 cm³/mol.